The third-order valence-corrected chi connectivity index (χ3v) is 5.59. The molecule has 0 unspecified atom stereocenters. The summed E-state index contributed by atoms with van der Waals surface area (Å²) in [5, 5.41) is 24.5. The number of nitriles is 1. The van der Waals surface area contributed by atoms with Crippen molar-refractivity contribution in [3.8, 4) is 29.5 Å². The Morgan fingerprint density at radius 3 is 2.54 bits per heavy atom. The normalized spacial score (nSPS) is 10.3. The number of nitrogens with one attached hydrogen (secondary N) is 1. The Kier molecular flexibility index (Phi) is 8.18. The van der Waals surface area contributed by atoms with Gasteiger partial charge in [0.25, 0.3) is 5.91 Å². The maximum atomic E-state index is 12.4. The number of carbonyl (C=O) groups excluding carboxylic acids is 1. The van der Waals surface area contributed by atoms with E-state index in [4.69, 9.17) is 21.1 Å². The summed E-state index contributed by atoms with van der Waals surface area (Å²) in [4.78, 5) is 33.6. The van der Waals surface area contributed by atoms with Crippen LogP contribution in [0.2, 0.25) is 5.02 Å². The second-order valence-corrected chi connectivity index (χ2v) is 8.70. The molecule has 0 aliphatic rings. The van der Waals surface area contributed by atoms with Crippen molar-refractivity contribution in [3.63, 3.8) is 0 Å². The highest BCUT2D eigenvalue weighted by Crippen LogP contribution is 2.38. The number of aromatic nitrogens is 2. The summed E-state index contributed by atoms with van der Waals surface area (Å²) < 4.78 is 11.6. The number of carbonyl (C=O) groups is 1. The van der Waals surface area contributed by atoms with Gasteiger partial charge in [0, 0.05) is 32.3 Å². The zero-order chi connectivity index (χ0) is 27.9. The molecule has 196 valence electrons. The minimum absolute atomic E-state index is 0.0723. The van der Waals surface area contributed by atoms with Gasteiger partial charge in [-0.1, -0.05) is 48.0 Å². The largest absolute Gasteiger partial charge is 0.433 e. The van der Waals surface area contributed by atoms with E-state index in [-0.39, 0.29) is 46.4 Å². The van der Waals surface area contributed by atoms with Crippen LogP contribution in [0.25, 0.3) is 0 Å². The standard InChI is InChI=1S/C27H21ClN6O5/c1-33(2)26(35)19-9-6-10-20(14-19)38-25-23(34(36)37)24(30-16-17-7-4-3-5-8-17)31-27(32-25)39-22-13-18(15-29)11-12-21(22)28/h3-14H,16H2,1-2H3,(H,30,31,32). The second-order valence-electron chi connectivity index (χ2n) is 8.29. The first-order chi connectivity index (χ1) is 18.7. The van der Waals surface area contributed by atoms with Gasteiger partial charge in [0.15, 0.2) is 5.75 Å². The smallest absolute Gasteiger partial charge is 0.373 e. The molecule has 0 aliphatic carbocycles. The molecule has 12 heteroatoms. The van der Waals surface area contributed by atoms with E-state index in [1.54, 1.807) is 26.2 Å². The number of halogens is 1. The molecule has 4 aromatic rings. The Hall–Kier alpha value is -5.21. The van der Waals surface area contributed by atoms with Crippen LogP contribution in [-0.4, -0.2) is 39.8 Å². The van der Waals surface area contributed by atoms with Crippen molar-refractivity contribution in [3.05, 3.63) is 105 Å². The Bertz CT molecular complexity index is 1570. The van der Waals surface area contributed by atoms with Gasteiger partial charge in [-0.05, 0) is 35.9 Å². The highest BCUT2D eigenvalue weighted by molar-refractivity contribution is 6.32. The highest BCUT2D eigenvalue weighted by atomic mass is 35.5. The summed E-state index contributed by atoms with van der Waals surface area (Å²) in [6.45, 7) is 0.203. The lowest BCUT2D eigenvalue weighted by Gasteiger charge is -2.14. The molecule has 0 radical (unpaired) electrons. The molecule has 0 saturated carbocycles. The first-order valence-electron chi connectivity index (χ1n) is 11.5. The van der Waals surface area contributed by atoms with Crippen LogP contribution in [0.15, 0.2) is 72.8 Å². The molecule has 1 N–H and O–H groups in total. The number of rotatable bonds is 9. The van der Waals surface area contributed by atoms with Gasteiger partial charge in [0.05, 0.1) is 21.6 Å². The molecule has 1 amide bonds. The third-order valence-electron chi connectivity index (χ3n) is 5.28. The summed E-state index contributed by atoms with van der Waals surface area (Å²) in [6, 6.07) is 21.4. The average Bonchev–Trinajstić information content (AvgIpc) is 2.93. The number of anilines is 1. The average molecular weight is 545 g/mol. The number of nitro groups is 1. The fourth-order valence-electron chi connectivity index (χ4n) is 3.41. The van der Waals surface area contributed by atoms with Crippen LogP contribution < -0.4 is 14.8 Å². The minimum atomic E-state index is -0.676. The van der Waals surface area contributed by atoms with E-state index in [1.165, 1.54) is 35.2 Å². The maximum absolute atomic E-state index is 12.4. The van der Waals surface area contributed by atoms with E-state index in [1.807, 2.05) is 36.4 Å². The molecule has 0 fully saturated rings. The van der Waals surface area contributed by atoms with Crippen molar-refractivity contribution in [1.82, 2.24) is 14.9 Å². The molecular weight excluding hydrogens is 524 g/mol. The number of hydrogen-bond acceptors (Lipinski definition) is 9. The molecule has 11 nitrogen and oxygen atoms in total. The molecule has 0 saturated heterocycles. The van der Waals surface area contributed by atoms with Gasteiger partial charge >= 0.3 is 17.6 Å². The SMILES string of the molecule is CN(C)C(=O)c1cccc(Oc2nc(Oc3cc(C#N)ccc3Cl)nc(NCc3ccccc3)c2[N+](=O)[O-])c1. The Balaban J connectivity index is 1.78. The van der Waals surface area contributed by atoms with Gasteiger partial charge < -0.3 is 19.7 Å². The van der Waals surface area contributed by atoms with E-state index in [0.29, 0.717) is 5.56 Å². The monoisotopic (exact) mass is 544 g/mol. The van der Waals surface area contributed by atoms with Gasteiger partial charge in [-0.15, -0.1) is 0 Å². The van der Waals surface area contributed by atoms with Crippen LogP contribution in [0.4, 0.5) is 11.5 Å². The number of ether oxygens (including phenoxy) is 2. The predicted molar refractivity (Wildman–Crippen MR) is 143 cm³/mol. The molecular formula is C27H21ClN6O5. The van der Waals surface area contributed by atoms with E-state index >= 15 is 0 Å². The number of nitrogens with zero attached hydrogens (tertiary/aromatic N) is 5. The molecule has 4 rings (SSSR count). The Morgan fingerprint density at radius 2 is 1.85 bits per heavy atom. The van der Waals surface area contributed by atoms with Gasteiger partial charge in [0.2, 0.25) is 5.82 Å². The fourth-order valence-corrected chi connectivity index (χ4v) is 3.57. The molecule has 0 aliphatic heterocycles. The molecule has 39 heavy (non-hydrogen) atoms. The fraction of sp³-hybridized carbons (Fsp3) is 0.111. The molecule has 1 heterocycles. The van der Waals surface area contributed by atoms with E-state index in [0.717, 1.165) is 5.56 Å². The zero-order valence-corrected chi connectivity index (χ0v) is 21.5. The van der Waals surface area contributed by atoms with Gasteiger partial charge in [-0.3, -0.25) is 14.9 Å². The number of amides is 1. The van der Waals surface area contributed by atoms with Gasteiger partial charge in [-0.25, -0.2) is 0 Å². The summed E-state index contributed by atoms with van der Waals surface area (Å²) in [7, 11) is 3.21. The lowest BCUT2D eigenvalue weighted by molar-refractivity contribution is -0.385. The van der Waals surface area contributed by atoms with Crippen molar-refractivity contribution in [1.29, 1.82) is 5.26 Å². The summed E-state index contributed by atoms with van der Waals surface area (Å²) >= 11 is 6.23. The Labute approximate surface area is 228 Å². The molecule has 3 aromatic carbocycles. The van der Waals surface area contributed by atoms with Crippen molar-refractivity contribution in [2.75, 3.05) is 19.4 Å². The minimum Gasteiger partial charge on any atom is -0.433 e. The third kappa shape index (κ3) is 6.57. The van der Waals surface area contributed by atoms with Crippen LogP contribution in [0.3, 0.4) is 0 Å². The van der Waals surface area contributed by atoms with Crippen LogP contribution in [0.5, 0.6) is 23.4 Å². The second kappa shape index (κ2) is 11.9. The summed E-state index contributed by atoms with van der Waals surface area (Å²) in [5.74, 6) is -0.671. The maximum Gasteiger partial charge on any atom is 0.373 e. The van der Waals surface area contributed by atoms with E-state index in [2.05, 4.69) is 15.3 Å². The lowest BCUT2D eigenvalue weighted by atomic mass is 10.2. The summed E-state index contributed by atoms with van der Waals surface area (Å²) in [5.41, 5.74) is 0.889. The van der Waals surface area contributed by atoms with Crippen LogP contribution in [0.1, 0.15) is 21.5 Å². The topological polar surface area (TPSA) is 144 Å². The quantitative estimate of drug-likeness (QED) is 0.204. The zero-order valence-electron chi connectivity index (χ0n) is 20.8. The van der Waals surface area contributed by atoms with Crippen molar-refractivity contribution < 1.29 is 19.2 Å². The predicted octanol–water partition coefficient (Wildman–Crippen LogP) is 5.81. The van der Waals surface area contributed by atoms with Crippen LogP contribution in [-0.2, 0) is 6.54 Å². The molecule has 0 bridgehead atoms. The molecule has 1 aromatic heterocycles. The molecule has 0 spiro atoms. The number of hydrogen-bond donors (Lipinski definition) is 1. The molecule has 0 atom stereocenters. The Morgan fingerprint density at radius 1 is 1.08 bits per heavy atom. The van der Waals surface area contributed by atoms with Crippen LogP contribution in [0, 0.1) is 21.4 Å². The van der Waals surface area contributed by atoms with Crippen molar-refractivity contribution >= 4 is 29.0 Å². The first kappa shape index (κ1) is 26.8. The van der Waals surface area contributed by atoms with E-state index < -0.39 is 16.5 Å². The van der Waals surface area contributed by atoms with Crippen LogP contribution >= 0.6 is 11.6 Å². The number of benzene rings is 3. The van der Waals surface area contributed by atoms with Gasteiger partial charge in [-0.2, -0.15) is 15.2 Å². The van der Waals surface area contributed by atoms with Gasteiger partial charge in [0.1, 0.15) is 5.75 Å². The van der Waals surface area contributed by atoms with E-state index in [9.17, 15) is 20.2 Å². The lowest BCUT2D eigenvalue weighted by Crippen LogP contribution is -2.21. The summed E-state index contributed by atoms with van der Waals surface area (Å²) in [6.07, 6.45) is 0. The van der Waals surface area contributed by atoms with Crippen molar-refractivity contribution in [2.24, 2.45) is 0 Å². The first-order valence-corrected chi connectivity index (χ1v) is 11.8. The highest BCUT2D eigenvalue weighted by Gasteiger charge is 2.28. The van der Waals surface area contributed by atoms with Crippen molar-refractivity contribution in [2.45, 2.75) is 6.54 Å².